The Morgan fingerprint density at radius 2 is 1.57 bits per heavy atom. The molecule has 2 heteroatoms. The van der Waals surface area contributed by atoms with E-state index < -0.39 is 0 Å². The van der Waals surface area contributed by atoms with E-state index in [1.165, 1.54) is 38.5 Å². The van der Waals surface area contributed by atoms with Crippen LogP contribution in [0, 0.1) is 11.8 Å². The molecule has 14 heavy (non-hydrogen) atoms. The van der Waals surface area contributed by atoms with Crippen molar-refractivity contribution < 1.29 is 0 Å². The average molecular weight is 200 g/mol. The summed E-state index contributed by atoms with van der Waals surface area (Å²) in [7, 11) is 0. The Morgan fingerprint density at radius 3 is 2.07 bits per heavy atom. The van der Waals surface area contributed by atoms with Crippen molar-refractivity contribution in [1.29, 1.82) is 0 Å². The molecule has 0 rings (SSSR count). The van der Waals surface area contributed by atoms with Crippen molar-refractivity contribution >= 4 is 0 Å². The van der Waals surface area contributed by atoms with Gasteiger partial charge in [0.25, 0.3) is 0 Å². The van der Waals surface area contributed by atoms with Crippen molar-refractivity contribution in [3.63, 3.8) is 0 Å². The van der Waals surface area contributed by atoms with E-state index in [1.54, 1.807) is 0 Å². The molecule has 0 saturated carbocycles. The van der Waals surface area contributed by atoms with Crippen LogP contribution in [-0.2, 0) is 0 Å². The second-order valence-electron chi connectivity index (χ2n) is 4.52. The summed E-state index contributed by atoms with van der Waals surface area (Å²) in [5.74, 6) is 1.43. The molecule has 86 valence electrons. The van der Waals surface area contributed by atoms with Gasteiger partial charge in [-0.1, -0.05) is 33.1 Å². The lowest BCUT2D eigenvalue weighted by molar-refractivity contribution is 0.400. The highest BCUT2D eigenvalue weighted by atomic mass is 14.5. The second-order valence-corrected chi connectivity index (χ2v) is 4.52. The highest BCUT2D eigenvalue weighted by Crippen LogP contribution is 2.16. The molecule has 0 fully saturated rings. The van der Waals surface area contributed by atoms with Crippen LogP contribution in [-0.4, -0.2) is 13.1 Å². The van der Waals surface area contributed by atoms with Gasteiger partial charge in [0.2, 0.25) is 0 Å². The van der Waals surface area contributed by atoms with Gasteiger partial charge in [-0.25, -0.2) is 0 Å². The topological polar surface area (TPSA) is 52.0 Å². The molecule has 0 aliphatic rings. The zero-order valence-corrected chi connectivity index (χ0v) is 9.97. The first-order chi connectivity index (χ1) is 6.74. The van der Waals surface area contributed by atoms with Gasteiger partial charge in [-0.3, -0.25) is 0 Å². The van der Waals surface area contributed by atoms with Gasteiger partial charge in [-0.05, 0) is 44.2 Å². The quantitative estimate of drug-likeness (QED) is 0.601. The molecule has 2 atom stereocenters. The summed E-state index contributed by atoms with van der Waals surface area (Å²) in [4.78, 5) is 0. The molecule has 0 aromatic heterocycles. The largest absolute Gasteiger partial charge is 0.330 e. The van der Waals surface area contributed by atoms with Crippen molar-refractivity contribution in [1.82, 2.24) is 0 Å². The lowest BCUT2D eigenvalue weighted by Crippen LogP contribution is -2.15. The standard InChI is InChI=1S/C12H28N2/c1-3-4-7-12(10-14)8-5-6-11(2)9-13/h11-12H,3-10,13-14H2,1-2H3. The molecule has 0 spiro atoms. The van der Waals surface area contributed by atoms with E-state index in [1.807, 2.05) is 0 Å². The molecule has 0 heterocycles. The molecular weight excluding hydrogens is 172 g/mol. The predicted octanol–water partition coefficient (Wildman–Crippen LogP) is 2.52. The highest BCUT2D eigenvalue weighted by Gasteiger charge is 2.06. The minimum atomic E-state index is 0.680. The van der Waals surface area contributed by atoms with Gasteiger partial charge in [0, 0.05) is 0 Å². The van der Waals surface area contributed by atoms with Gasteiger partial charge in [0.1, 0.15) is 0 Å². The minimum Gasteiger partial charge on any atom is -0.330 e. The Hall–Kier alpha value is -0.0800. The van der Waals surface area contributed by atoms with E-state index in [2.05, 4.69) is 13.8 Å². The van der Waals surface area contributed by atoms with Crippen LogP contribution in [0.15, 0.2) is 0 Å². The molecule has 0 aromatic rings. The second kappa shape index (κ2) is 9.47. The molecule has 0 bridgehead atoms. The fourth-order valence-corrected chi connectivity index (χ4v) is 1.75. The van der Waals surface area contributed by atoms with Crippen molar-refractivity contribution in [2.45, 2.75) is 52.4 Å². The monoisotopic (exact) mass is 200 g/mol. The number of hydrogen-bond acceptors (Lipinski definition) is 2. The Labute approximate surface area is 89.4 Å². The zero-order valence-electron chi connectivity index (χ0n) is 9.97. The van der Waals surface area contributed by atoms with E-state index in [-0.39, 0.29) is 0 Å². The van der Waals surface area contributed by atoms with Crippen molar-refractivity contribution in [3.05, 3.63) is 0 Å². The molecule has 0 aliphatic heterocycles. The number of hydrogen-bond donors (Lipinski definition) is 2. The third-order valence-corrected chi connectivity index (χ3v) is 3.01. The van der Waals surface area contributed by atoms with Crippen LogP contribution in [0.4, 0.5) is 0 Å². The summed E-state index contributed by atoms with van der Waals surface area (Å²) in [6.45, 7) is 6.15. The Bertz CT molecular complexity index is 115. The van der Waals surface area contributed by atoms with Crippen LogP contribution >= 0.6 is 0 Å². The molecule has 0 aromatic carbocycles. The van der Waals surface area contributed by atoms with Crippen LogP contribution in [0.25, 0.3) is 0 Å². The van der Waals surface area contributed by atoms with Gasteiger partial charge >= 0.3 is 0 Å². The summed E-state index contributed by atoms with van der Waals surface area (Å²) in [5.41, 5.74) is 11.3. The van der Waals surface area contributed by atoms with Gasteiger partial charge in [0.15, 0.2) is 0 Å². The summed E-state index contributed by atoms with van der Waals surface area (Å²) in [5, 5.41) is 0. The first-order valence-corrected chi connectivity index (χ1v) is 6.14. The predicted molar refractivity (Wildman–Crippen MR) is 64.1 cm³/mol. The average Bonchev–Trinajstić information content (AvgIpc) is 2.22. The van der Waals surface area contributed by atoms with Crippen LogP contribution in [0.1, 0.15) is 52.4 Å². The molecule has 2 unspecified atom stereocenters. The maximum atomic E-state index is 5.74. The Morgan fingerprint density at radius 1 is 0.929 bits per heavy atom. The lowest BCUT2D eigenvalue weighted by Gasteiger charge is -2.15. The van der Waals surface area contributed by atoms with E-state index in [0.717, 1.165) is 19.0 Å². The van der Waals surface area contributed by atoms with E-state index in [4.69, 9.17) is 11.5 Å². The number of rotatable bonds is 9. The molecule has 0 radical (unpaired) electrons. The summed E-state index contributed by atoms with van der Waals surface area (Å²) in [6.07, 6.45) is 7.78. The molecule has 4 N–H and O–H groups in total. The van der Waals surface area contributed by atoms with Crippen molar-refractivity contribution in [2.24, 2.45) is 23.3 Å². The van der Waals surface area contributed by atoms with Crippen molar-refractivity contribution in [2.75, 3.05) is 13.1 Å². The Kier molecular flexibility index (Phi) is 9.42. The van der Waals surface area contributed by atoms with E-state index in [0.29, 0.717) is 5.92 Å². The fraction of sp³-hybridized carbons (Fsp3) is 1.00. The zero-order chi connectivity index (χ0) is 10.8. The summed E-state index contributed by atoms with van der Waals surface area (Å²) < 4.78 is 0. The molecule has 2 nitrogen and oxygen atoms in total. The van der Waals surface area contributed by atoms with Gasteiger partial charge in [0.05, 0.1) is 0 Å². The first-order valence-electron chi connectivity index (χ1n) is 6.14. The molecule has 0 aliphatic carbocycles. The normalized spacial score (nSPS) is 15.4. The smallest absolute Gasteiger partial charge is 0.00489 e. The van der Waals surface area contributed by atoms with E-state index >= 15 is 0 Å². The molecular formula is C12H28N2. The van der Waals surface area contributed by atoms with Gasteiger partial charge in [-0.15, -0.1) is 0 Å². The number of nitrogens with two attached hydrogens (primary N) is 2. The van der Waals surface area contributed by atoms with Crippen LogP contribution in [0.3, 0.4) is 0 Å². The molecule has 0 saturated heterocycles. The number of unbranched alkanes of at least 4 members (excludes halogenated alkanes) is 1. The fourth-order valence-electron chi connectivity index (χ4n) is 1.75. The van der Waals surface area contributed by atoms with Gasteiger partial charge in [-0.2, -0.15) is 0 Å². The maximum Gasteiger partial charge on any atom is -0.00489 e. The maximum absolute atomic E-state index is 5.74. The highest BCUT2D eigenvalue weighted by molar-refractivity contribution is 4.62. The first kappa shape index (κ1) is 13.9. The van der Waals surface area contributed by atoms with Crippen LogP contribution in [0.2, 0.25) is 0 Å². The third kappa shape index (κ3) is 7.34. The third-order valence-electron chi connectivity index (χ3n) is 3.01. The minimum absolute atomic E-state index is 0.680. The lowest BCUT2D eigenvalue weighted by atomic mass is 9.94. The summed E-state index contributed by atoms with van der Waals surface area (Å²) >= 11 is 0. The van der Waals surface area contributed by atoms with Crippen LogP contribution < -0.4 is 11.5 Å². The SMILES string of the molecule is CCCCC(CN)CCCC(C)CN. The molecule has 0 amide bonds. The Balaban J connectivity index is 3.42. The van der Waals surface area contributed by atoms with Crippen LogP contribution in [0.5, 0.6) is 0 Å². The van der Waals surface area contributed by atoms with E-state index in [9.17, 15) is 0 Å². The van der Waals surface area contributed by atoms with Gasteiger partial charge < -0.3 is 11.5 Å². The van der Waals surface area contributed by atoms with Crippen molar-refractivity contribution in [3.8, 4) is 0 Å². The summed E-state index contributed by atoms with van der Waals surface area (Å²) in [6, 6.07) is 0.